The fourth-order valence-electron chi connectivity index (χ4n) is 2.68. The molecule has 3 aromatic carbocycles. The van der Waals surface area contributed by atoms with E-state index in [0.717, 1.165) is 0 Å². The maximum atomic E-state index is 12.1. The number of hydrogen-bond acceptors (Lipinski definition) is 7. The molecule has 0 radical (unpaired) electrons. The van der Waals surface area contributed by atoms with Crippen LogP contribution < -0.4 is 14.8 Å². The van der Waals surface area contributed by atoms with E-state index in [-0.39, 0.29) is 29.6 Å². The number of halogens is 1. The Morgan fingerprint density at radius 3 is 2.27 bits per heavy atom. The highest BCUT2D eigenvalue weighted by atomic mass is 35.5. The van der Waals surface area contributed by atoms with Crippen molar-refractivity contribution in [2.45, 2.75) is 6.61 Å². The highest BCUT2D eigenvalue weighted by molar-refractivity contribution is 6.32. The second kappa shape index (κ2) is 11.0. The summed E-state index contributed by atoms with van der Waals surface area (Å²) < 4.78 is 15.8. The van der Waals surface area contributed by atoms with Gasteiger partial charge in [-0.15, -0.1) is 0 Å². The van der Waals surface area contributed by atoms with E-state index in [4.69, 9.17) is 25.8 Å². The minimum Gasteiger partial charge on any atom is -0.497 e. The fraction of sp³-hybridized carbons (Fsp3) is 0.130. The average molecular weight is 471 g/mol. The molecule has 33 heavy (non-hydrogen) atoms. The number of esters is 1. The largest absolute Gasteiger partial charge is 0.497 e. The molecule has 1 N–H and O–H groups in total. The molecular formula is C23H19ClN2O7. The number of nitro groups is 1. The van der Waals surface area contributed by atoms with Crippen molar-refractivity contribution >= 4 is 29.2 Å². The van der Waals surface area contributed by atoms with Crippen LogP contribution in [0.3, 0.4) is 0 Å². The van der Waals surface area contributed by atoms with Crippen molar-refractivity contribution in [2.24, 2.45) is 0 Å². The SMILES string of the molecule is COc1ccc(C(=O)NCC(=O)OCc2ccc(Oc3ccc([N+](=O)[O-])cc3Cl)cc2)cc1. The Bertz CT molecular complexity index is 1150. The van der Waals surface area contributed by atoms with Crippen LogP contribution in [0.5, 0.6) is 17.2 Å². The number of amides is 1. The van der Waals surface area contributed by atoms with E-state index in [0.29, 0.717) is 22.6 Å². The van der Waals surface area contributed by atoms with Crippen molar-refractivity contribution in [2.75, 3.05) is 13.7 Å². The van der Waals surface area contributed by atoms with Crippen LogP contribution in [0.4, 0.5) is 5.69 Å². The second-order valence-corrected chi connectivity index (χ2v) is 7.10. The molecule has 0 saturated heterocycles. The molecule has 3 rings (SSSR count). The Morgan fingerprint density at radius 2 is 1.67 bits per heavy atom. The molecule has 10 heteroatoms. The number of nitro benzene ring substituents is 1. The monoisotopic (exact) mass is 470 g/mol. The minimum absolute atomic E-state index is 0.00973. The van der Waals surface area contributed by atoms with E-state index in [1.165, 1.54) is 25.3 Å². The summed E-state index contributed by atoms with van der Waals surface area (Å²) in [4.78, 5) is 34.2. The smallest absolute Gasteiger partial charge is 0.325 e. The Balaban J connectivity index is 1.46. The van der Waals surface area contributed by atoms with Crippen molar-refractivity contribution in [1.29, 1.82) is 0 Å². The first kappa shape index (κ1) is 23.6. The molecule has 0 spiro atoms. The molecule has 0 aliphatic heterocycles. The van der Waals surface area contributed by atoms with Crippen LogP contribution >= 0.6 is 11.6 Å². The zero-order valence-corrected chi connectivity index (χ0v) is 18.2. The lowest BCUT2D eigenvalue weighted by Gasteiger charge is -2.09. The van der Waals surface area contributed by atoms with E-state index in [9.17, 15) is 19.7 Å². The van der Waals surface area contributed by atoms with Gasteiger partial charge in [-0.3, -0.25) is 19.7 Å². The number of nitrogens with one attached hydrogen (secondary N) is 1. The summed E-state index contributed by atoms with van der Waals surface area (Å²) >= 11 is 6.02. The lowest BCUT2D eigenvalue weighted by molar-refractivity contribution is -0.384. The van der Waals surface area contributed by atoms with Gasteiger partial charge in [-0.2, -0.15) is 0 Å². The lowest BCUT2D eigenvalue weighted by Crippen LogP contribution is -2.30. The number of ether oxygens (including phenoxy) is 3. The molecule has 170 valence electrons. The summed E-state index contributed by atoms with van der Waals surface area (Å²) in [5, 5.41) is 13.4. The van der Waals surface area contributed by atoms with Gasteiger partial charge in [-0.1, -0.05) is 23.7 Å². The van der Waals surface area contributed by atoms with Gasteiger partial charge in [-0.05, 0) is 48.0 Å². The Labute approximate surface area is 194 Å². The van der Waals surface area contributed by atoms with E-state index in [1.807, 2.05) is 0 Å². The van der Waals surface area contributed by atoms with Crippen LogP contribution in [0.25, 0.3) is 0 Å². The average Bonchev–Trinajstić information content (AvgIpc) is 2.83. The number of carbonyl (C=O) groups excluding carboxylic acids is 2. The van der Waals surface area contributed by atoms with Gasteiger partial charge in [0.2, 0.25) is 0 Å². The molecule has 0 heterocycles. The molecule has 1 amide bonds. The Hall–Kier alpha value is -4.11. The topological polar surface area (TPSA) is 117 Å². The summed E-state index contributed by atoms with van der Waals surface area (Å²) in [7, 11) is 1.53. The molecule has 0 saturated carbocycles. The van der Waals surface area contributed by atoms with E-state index >= 15 is 0 Å². The third-order valence-electron chi connectivity index (χ3n) is 4.42. The first-order chi connectivity index (χ1) is 15.9. The van der Waals surface area contributed by atoms with Crippen molar-refractivity contribution in [3.63, 3.8) is 0 Å². The van der Waals surface area contributed by atoms with Crippen LogP contribution in [0, 0.1) is 10.1 Å². The predicted molar refractivity (Wildman–Crippen MR) is 120 cm³/mol. The zero-order chi connectivity index (χ0) is 23.8. The summed E-state index contributed by atoms with van der Waals surface area (Å²) in [6, 6.07) is 17.1. The predicted octanol–water partition coefficient (Wildman–Crippen LogP) is 4.52. The van der Waals surface area contributed by atoms with Gasteiger partial charge >= 0.3 is 5.97 Å². The van der Waals surface area contributed by atoms with Gasteiger partial charge < -0.3 is 19.5 Å². The molecule has 9 nitrogen and oxygen atoms in total. The zero-order valence-electron chi connectivity index (χ0n) is 17.4. The number of benzene rings is 3. The van der Waals surface area contributed by atoms with Crippen LogP contribution in [0.1, 0.15) is 15.9 Å². The summed E-state index contributed by atoms with van der Waals surface area (Å²) in [5.41, 5.74) is 0.962. The van der Waals surface area contributed by atoms with Crippen LogP contribution in [0.15, 0.2) is 66.7 Å². The Morgan fingerprint density at radius 1 is 1.00 bits per heavy atom. The maximum absolute atomic E-state index is 12.1. The van der Waals surface area contributed by atoms with E-state index in [1.54, 1.807) is 48.5 Å². The molecule has 0 aromatic heterocycles. The molecule has 0 fully saturated rings. The fourth-order valence-corrected chi connectivity index (χ4v) is 2.89. The van der Waals surface area contributed by atoms with Crippen molar-refractivity contribution < 1.29 is 28.7 Å². The maximum Gasteiger partial charge on any atom is 0.325 e. The number of carbonyl (C=O) groups is 2. The number of rotatable bonds is 9. The molecule has 3 aromatic rings. The molecule has 0 aliphatic carbocycles. The van der Waals surface area contributed by atoms with E-state index in [2.05, 4.69) is 5.32 Å². The first-order valence-corrected chi connectivity index (χ1v) is 10.0. The highest BCUT2D eigenvalue weighted by Crippen LogP contribution is 2.32. The minimum atomic E-state index is -0.588. The van der Waals surface area contributed by atoms with Gasteiger partial charge in [0.25, 0.3) is 11.6 Å². The highest BCUT2D eigenvalue weighted by Gasteiger charge is 2.12. The van der Waals surface area contributed by atoms with Crippen molar-refractivity contribution in [3.05, 3.63) is 93.0 Å². The Kier molecular flexibility index (Phi) is 7.82. The normalized spacial score (nSPS) is 10.2. The van der Waals surface area contributed by atoms with Crippen molar-refractivity contribution in [1.82, 2.24) is 5.32 Å². The second-order valence-electron chi connectivity index (χ2n) is 6.69. The third kappa shape index (κ3) is 6.68. The number of non-ortho nitro benzene ring substituents is 1. The summed E-state index contributed by atoms with van der Waals surface area (Å²) in [6.07, 6.45) is 0. The third-order valence-corrected chi connectivity index (χ3v) is 4.72. The molecule has 0 atom stereocenters. The molecule has 0 unspecified atom stereocenters. The van der Waals surface area contributed by atoms with Crippen LogP contribution in [-0.2, 0) is 16.1 Å². The van der Waals surface area contributed by atoms with Gasteiger partial charge in [-0.25, -0.2) is 0 Å². The van der Waals surface area contributed by atoms with Crippen LogP contribution in [-0.4, -0.2) is 30.5 Å². The van der Waals surface area contributed by atoms with Gasteiger partial charge in [0.05, 0.1) is 17.1 Å². The van der Waals surface area contributed by atoms with E-state index < -0.39 is 16.8 Å². The standard InChI is InChI=1S/C23H19ClN2O7/c1-31-18-9-4-16(5-10-18)23(28)25-13-22(27)32-14-15-2-7-19(8-3-15)33-21-11-6-17(26(29)30)12-20(21)24/h2-12H,13-14H2,1H3,(H,25,28). The van der Waals surface area contributed by atoms with Gasteiger partial charge in [0.1, 0.15) is 30.4 Å². The molecule has 0 bridgehead atoms. The first-order valence-electron chi connectivity index (χ1n) is 9.64. The number of methoxy groups -OCH3 is 1. The quantitative estimate of drug-likeness (QED) is 0.277. The summed E-state index contributed by atoms with van der Waals surface area (Å²) in [6.45, 7) is -0.263. The molecule has 0 aliphatic rings. The van der Waals surface area contributed by atoms with Crippen LogP contribution in [0.2, 0.25) is 5.02 Å². The van der Waals surface area contributed by atoms with Gasteiger partial charge in [0.15, 0.2) is 0 Å². The number of nitrogens with zero attached hydrogens (tertiary/aromatic N) is 1. The number of hydrogen-bond donors (Lipinski definition) is 1. The summed E-state index contributed by atoms with van der Waals surface area (Å²) in [5.74, 6) is 0.357. The van der Waals surface area contributed by atoms with Crippen molar-refractivity contribution in [3.8, 4) is 17.2 Å². The lowest BCUT2D eigenvalue weighted by atomic mass is 10.2. The molecular weight excluding hydrogens is 452 g/mol. The van der Waals surface area contributed by atoms with Gasteiger partial charge in [0, 0.05) is 17.7 Å².